The highest BCUT2D eigenvalue weighted by Crippen LogP contribution is 2.14. The standard InChI is InChI=1S/C7H8F2N2.2ClH/c8-7(9)6(10)5-3-1-2-4-11-5;;/h1-4,6-7H,10H2;2*1H. The SMILES string of the molecule is Cl.Cl.NC(c1ccccn1)C(F)F. The van der Waals surface area contributed by atoms with E-state index in [1.165, 1.54) is 12.3 Å². The topological polar surface area (TPSA) is 38.9 Å². The molecule has 1 rings (SSSR count). The fraction of sp³-hybridized carbons (Fsp3) is 0.286. The summed E-state index contributed by atoms with van der Waals surface area (Å²) in [5.74, 6) is 0. The molecule has 1 aromatic heterocycles. The lowest BCUT2D eigenvalue weighted by atomic mass is 10.2. The number of halogens is 4. The summed E-state index contributed by atoms with van der Waals surface area (Å²) in [4.78, 5) is 3.69. The summed E-state index contributed by atoms with van der Waals surface area (Å²) in [6.45, 7) is 0. The molecule has 1 heterocycles. The van der Waals surface area contributed by atoms with Crippen molar-refractivity contribution in [2.24, 2.45) is 5.73 Å². The Balaban J connectivity index is 0. The molecule has 1 atom stereocenters. The van der Waals surface area contributed by atoms with E-state index >= 15 is 0 Å². The Morgan fingerprint density at radius 1 is 1.23 bits per heavy atom. The lowest BCUT2D eigenvalue weighted by Crippen LogP contribution is -2.19. The van der Waals surface area contributed by atoms with E-state index < -0.39 is 12.5 Å². The van der Waals surface area contributed by atoms with E-state index in [1.54, 1.807) is 12.1 Å². The molecule has 6 heteroatoms. The van der Waals surface area contributed by atoms with E-state index in [9.17, 15) is 8.78 Å². The van der Waals surface area contributed by atoms with Crippen molar-refractivity contribution >= 4 is 24.8 Å². The van der Waals surface area contributed by atoms with Crippen LogP contribution in [-0.2, 0) is 0 Å². The molecule has 0 aliphatic carbocycles. The van der Waals surface area contributed by atoms with Crippen LogP contribution >= 0.6 is 24.8 Å². The lowest BCUT2D eigenvalue weighted by Gasteiger charge is -2.07. The third-order valence-electron chi connectivity index (χ3n) is 1.30. The van der Waals surface area contributed by atoms with E-state index in [-0.39, 0.29) is 30.5 Å². The van der Waals surface area contributed by atoms with Gasteiger partial charge in [0.2, 0.25) is 0 Å². The molecule has 1 unspecified atom stereocenters. The Kier molecular flexibility index (Phi) is 8.10. The van der Waals surface area contributed by atoms with Crippen LogP contribution in [-0.4, -0.2) is 11.4 Å². The van der Waals surface area contributed by atoms with Gasteiger partial charge in [-0.2, -0.15) is 0 Å². The van der Waals surface area contributed by atoms with Gasteiger partial charge in [0.1, 0.15) is 6.04 Å². The summed E-state index contributed by atoms with van der Waals surface area (Å²) in [6.07, 6.45) is -1.11. The average Bonchev–Trinajstić information content (AvgIpc) is 2.05. The molecular weight excluding hydrogens is 221 g/mol. The maximum absolute atomic E-state index is 11.9. The van der Waals surface area contributed by atoms with Crippen molar-refractivity contribution in [3.8, 4) is 0 Å². The molecule has 1 aromatic rings. The smallest absolute Gasteiger partial charge is 0.259 e. The minimum atomic E-state index is -2.55. The first-order valence-electron chi connectivity index (χ1n) is 3.16. The van der Waals surface area contributed by atoms with Gasteiger partial charge in [-0.05, 0) is 12.1 Å². The number of pyridine rings is 1. The number of aromatic nitrogens is 1. The highest BCUT2D eigenvalue weighted by molar-refractivity contribution is 5.85. The van der Waals surface area contributed by atoms with Gasteiger partial charge in [-0.1, -0.05) is 6.07 Å². The van der Waals surface area contributed by atoms with Crippen LogP contribution in [0.1, 0.15) is 11.7 Å². The summed E-state index contributed by atoms with van der Waals surface area (Å²) in [7, 11) is 0. The quantitative estimate of drug-likeness (QED) is 0.847. The predicted octanol–water partition coefficient (Wildman–Crippen LogP) is 2.19. The van der Waals surface area contributed by atoms with Crippen molar-refractivity contribution in [3.05, 3.63) is 30.1 Å². The van der Waals surface area contributed by atoms with Gasteiger partial charge in [-0.15, -0.1) is 24.8 Å². The van der Waals surface area contributed by atoms with Crippen LogP contribution in [0, 0.1) is 0 Å². The molecule has 2 nitrogen and oxygen atoms in total. The zero-order valence-electron chi connectivity index (χ0n) is 6.56. The first-order valence-corrected chi connectivity index (χ1v) is 3.16. The van der Waals surface area contributed by atoms with Crippen molar-refractivity contribution in [1.29, 1.82) is 0 Å². The molecule has 0 radical (unpaired) electrons. The molecule has 0 saturated heterocycles. The van der Waals surface area contributed by atoms with Crippen LogP contribution < -0.4 is 5.73 Å². The van der Waals surface area contributed by atoms with Gasteiger partial charge in [0.05, 0.1) is 5.69 Å². The van der Waals surface area contributed by atoms with Crippen molar-refractivity contribution in [3.63, 3.8) is 0 Å². The van der Waals surface area contributed by atoms with Gasteiger partial charge in [-0.25, -0.2) is 8.78 Å². The number of nitrogens with zero attached hydrogens (tertiary/aromatic N) is 1. The molecular formula is C7H10Cl2F2N2. The second-order valence-corrected chi connectivity index (χ2v) is 2.11. The average molecular weight is 231 g/mol. The van der Waals surface area contributed by atoms with E-state index in [0.717, 1.165) is 0 Å². The van der Waals surface area contributed by atoms with Crippen LogP contribution in [0.15, 0.2) is 24.4 Å². The molecule has 13 heavy (non-hydrogen) atoms. The largest absolute Gasteiger partial charge is 0.318 e. The van der Waals surface area contributed by atoms with E-state index in [2.05, 4.69) is 4.98 Å². The second kappa shape index (κ2) is 7.00. The molecule has 0 saturated carbocycles. The van der Waals surface area contributed by atoms with Gasteiger partial charge >= 0.3 is 0 Å². The van der Waals surface area contributed by atoms with Crippen molar-refractivity contribution in [1.82, 2.24) is 4.98 Å². The van der Waals surface area contributed by atoms with Crippen molar-refractivity contribution < 1.29 is 8.78 Å². The maximum Gasteiger partial charge on any atom is 0.259 e. The highest BCUT2D eigenvalue weighted by Gasteiger charge is 2.17. The number of alkyl halides is 2. The molecule has 0 bridgehead atoms. The van der Waals surface area contributed by atoms with Gasteiger partial charge in [0.25, 0.3) is 6.43 Å². The van der Waals surface area contributed by atoms with Gasteiger partial charge in [0, 0.05) is 6.20 Å². The van der Waals surface area contributed by atoms with E-state index in [1.807, 2.05) is 0 Å². The Labute approximate surface area is 87.4 Å². The van der Waals surface area contributed by atoms with Crippen LogP contribution in [0.5, 0.6) is 0 Å². The van der Waals surface area contributed by atoms with Crippen LogP contribution in [0.4, 0.5) is 8.78 Å². The first-order chi connectivity index (χ1) is 5.22. The highest BCUT2D eigenvalue weighted by atomic mass is 35.5. The first kappa shape index (κ1) is 15.0. The van der Waals surface area contributed by atoms with E-state index in [4.69, 9.17) is 5.73 Å². The fourth-order valence-electron chi connectivity index (χ4n) is 0.702. The Bertz CT molecular complexity index is 221. The molecule has 0 amide bonds. The molecule has 0 aromatic carbocycles. The summed E-state index contributed by atoms with van der Waals surface area (Å²) in [6, 6.07) is 3.50. The minimum Gasteiger partial charge on any atom is -0.318 e. The van der Waals surface area contributed by atoms with Gasteiger partial charge in [0.15, 0.2) is 0 Å². The summed E-state index contributed by atoms with van der Waals surface area (Å²) >= 11 is 0. The van der Waals surface area contributed by atoms with Crippen LogP contribution in [0.2, 0.25) is 0 Å². The maximum atomic E-state index is 11.9. The lowest BCUT2D eigenvalue weighted by molar-refractivity contribution is 0.114. The minimum absolute atomic E-state index is 0. The van der Waals surface area contributed by atoms with Crippen LogP contribution in [0.25, 0.3) is 0 Å². The van der Waals surface area contributed by atoms with Crippen LogP contribution in [0.3, 0.4) is 0 Å². The number of hydrogen-bond acceptors (Lipinski definition) is 2. The number of nitrogens with two attached hydrogens (primary N) is 1. The van der Waals surface area contributed by atoms with E-state index in [0.29, 0.717) is 0 Å². The third-order valence-corrected chi connectivity index (χ3v) is 1.30. The Morgan fingerprint density at radius 3 is 2.23 bits per heavy atom. The molecule has 0 fully saturated rings. The van der Waals surface area contributed by atoms with Gasteiger partial charge < -0.3 is 5.73 Å². The Hall–Kier alpha value is -0.450. The molecule has 0 aliphatic heterocycles. The predicted molar refractivity (Wildman–Crippen MR) is 51.7 cm³/mol. The number of hydrogen-bond donors (Lipinski definition) is 1. The summed E-state index contributed by atoms with van der Waals surface area (Å²) < 4.78 is 23.9. The third kappa shape index (κ3) is 4.36. The fourth-order valence-corrected chi connectivity index (χ4v) is 0.702. The zero-order chi connectivity index (χ0) is 8.27. The second-order valence-electron chi connectivity index (χ2n) is 2.11. The normalized spacial score (nSPS) is 11.4. The monoisotopic (exact) mass is 230 g/mol. The van der Waals surface area contributed by atoms with Gasteiger partial charge in [-0.3, -0.25) is 4.98 Å². The zero-order valence-corrected chi connectivity index (χ0v) is 8.19. The summed E-state index contributed by atoms with van der Waals surface area (Å²) in [5, 5.41) is 0. The van der Waals surface area contributed by atoms with Crippen molar-refractivity contribution in [2.75, 3.05) is 0 Å². The molecule has 76 valence electrons. The summed E-state index contributed by atoms with van der Waals surface area (Å²) in [5.41, 5.74) is 5.35. The molecule has 0 spiro atoms. The van der Waals surface area contributed by atoms with Crippen molar-refractivity contribution in [2.45, 2.75) is 12.5 Å². The Morgan fingerprint density at radius 2 is 1.85 bits per heavy atom. The molecule has 0 aliphatic rings. The molecule has 2 N–H and O–H groups in total. The number of rotatable bonds is 2.